The van der Waals surface area contributed by atoms with Crippen LogP contribution >= 0.6 is 0 Å². The molecular weight excluding hydrogens is 352 g/mol. The number of aliphatic hydroxyl groups excluding tert-OH is 1. The van der Waals surface area contributed by atoms with Crippen LogP contribution in [0.3, 0.4) is 0 Å². The summed E-state index contributed by atoms with van der Waals surface area (Å²) in [5.74, 6) is 6.66. The molecule has 0 radical (unpaired) electrons. The topological polar surface area (TPSA) is 20.2 Å². The summed E-state index contributed by atoms with van der Waals surface area (Å²) in [7, 11) is 0. The fourth-order valence-electron chi connectivity index (χ4n) is 9.94. The van der Waals surface area contributed by atoms with Crippen LogP contribution in [0.5, 0.6) is 0 Å². The van der Waals surface area contributed by atoms with Crippen LogP contribution in [0.25, 0.3) is 0 Å². The van der Waals surface area contributed by atoms with E-state index in [1.54, 1.807) is 0 Å². The van der Waals surface area contributed by atoms with E-state index in [1.165, 1.54) is 64.2 Å². The van der Waals surface area contributed by atoms with Gasteiger partial charge in [-0.15, -0.1) is 0 Å². The van der Waals surface area contributed by atoms with E-state index in [9.17, 15) is 5.11 Å². The molecule has 1 nitrogen and oxygen atoms in total. The molecule has 4 unspecified atom stereocenters. The first-order valence-corrected chi connectivity index (χ1v) is 13.3. The Morgan fingerprint density at radius 1 is 0.862 bits per heavy atom. The highest BCUT2D eigenvalue weighted by atomic mass is 16.3. The van der Waals surface area contributed by atoms with Crippen molar-refractivity contribution >= 4 is 0 Å². The standard InChI is InChI=1S/C28H48O/c1-18(6-7-20-17-26(20,2)3)23-10-11-24-22-9-8-19-16-21(29)12-14-27(19,4)25(22)13-15-28(23,24)5/h18-25,29H,6-17H2,1-5H3/t18-,19?,20-,21+,22?,23-,24?,25?,27+,28-/m1/s1. The van der Waals surface area contributed by atoms with Crippen LogP contribution in [0, 0.1) is 57.7 Å². The van der Waals surface area contributed by atoms with Crippen LogP contribution < -0.4 is 0 Å². The van der Waals surface area contributed by atoms with Crippen molar-refractivity contribution < 1.29 is 5.11 Å². The average molecular weight is 401 g/mol. The van der Waals surface area contributed by atoms with Gasteiger partial charge in [0.2, 0.25) is 0 Å². The number of fused-ring (bicyclic) bond motifs is 5. The lowest BCUT2D eigenvalue weighted by atomic mass is 9.44. The molecule has 5 rings (SSSR count). The van der Waals surface area contributed by atoms with Gasteiger partial charge in [-0.3, -0.25) is 0 Å². The SMILES string of the molecule is C[C@H](CC[C@@H]1CC1(C)C)[C@H]1CCC2C3CCC4C[C@@H](O)CC[C@]4(C)C3CC[C@@]21C. The summed E-state index contributed by atoms with van der Waals surface area (Å²) >= 11 is 0. The van der Waals surface area contributed by atoms with Crippen LogP contribution in [-0.2, 0) is 0 Å². The predicted molar refractivity (Wildman–Crippen MR) is 122 cm³/mol. The zero-order valence-corrected chi connectivity index (χ0v) is 20.1. The Morgan fingerprint density at radius 2 is 1.55 bits per heavy atom. The van der Waals surface area contributed by atoms with Crippen LogP contribution in [0.2, 0.25) is 0 Å². The van der Waals surface area contributed by atoms with Gasteiger partial charge >= 0.3 is 0 Å². The van der Waals surface area contributed by atoms with Crippen LogP contribution in [0.1, 0.15) is 112 Å². The van der Waals surface area contributed by atoms with Crippen molar-refractivity contribution in [3.63, 3.8) is 0 Å². The van der Waals surface area contributed by atoms with Crippen molar-refractivity contribution in [1.82, 2.24) is 0 Å². The molecule has 29 heavy (non-hydrogen) atoms. The largest absolute Gasteiger partial charge is 0.393 e. The Kier molecular flexibility index (Phi) is 5.02. The molecule has 0 heterocycles. The van der Waals surface area contributed by atoms with E-state index in [2.05, 4.69) is 34.6 Å². The minimum absolute atomic E-state index is 0.00774. The third kappa shape index (κ3) is 3.27. The van der Waals surface area contributed by atoms with Gasteiger partial charge in [-0.05, 0) is 128 Å². The van der Waals surface area contributed by atoms with Crippen LogP contribution in [0.15, 0.2) is 0 Å². The van der Waals surface area contributed by atoms with Gasteiger partial charge in [-0.25, -0.2) is 0 Å². The summed E-state index contributed by atoms with van der Waals surface area (Å²) in [5, 5.41) is 10.3. The molecule has 10 atom stereocenters. The highest BCUT2D eigenvalue weighted by molar-refractivity contribution is 5.10. The highest BCUT2D eigenvalue weighted by Gasteiger charge is 2.60. The fourth-order valence-corrected chi connectivity index (χ4v) is 9.94. The van der Waals surface area contributed by atoms with Crippen molar-refractivity contribution in [1.29, 1.82) is 0 Å². The first kappa shape index (κ1) is 20.8. The molecule has 0 aromatic carbocycles. The zero-order chi connectivity index (χ0) is 20.6. The molecule has 0 aromatic rings. The van der Waals surface area contributed by atoms with Gasteiger partial charge in [0.05, 0.1) is 6.10 Å². The molecule has 5 aliphatic rings. The van der Waals surface area contributed by atoms with E-state index >= 15 is 0 Å². The molecule has 1 N–H and O–H groups in total. The van der Waals surface area contributed by atoms with E-state index in [0.29, 0.717) is 16.2 Å². The van der Waals surface area contributed by atoms with E-state index in [-0.39, 0.29) is 6.10 Å². The Balaban J connectivity index is 1.28. The quantitative estimate of drug-likeness (QED) is 0.519. The average Bonchev–Trinajstić information content (AvgIpc) is 3.11. The number of hydrogen-bond acceptors (Lipinski definition) is 1. The second-order valence-electron chi connectivity index (χ2n) is 13.8. The monoisotopic (exact) mass is 400 g/mol. The summed E-state index contributed by atoms with van der Waals surface area (Å²) in [6.07, 6.45) is 16.8. The summed E-state index contributed by atoms with van der Waals surface area (Å²) in [4.78, 5) is 0. The maximum atomic E-state index is 10.3. The Hall–Kier alpha value is -0.0400. The summed E-state index contributed by atoms with van der Waals surface area (Å²) in [6, 6.07) is 0. The molecule has 5 saturated carbocycles. The smallest absolute Gasteiger partial charge is 0.0543 e. The van der Waals surface area contributed by atoms with Crippen molar-refractivity contribution in [3.8, 4) is 0 Å². The Bertz CT molecular complexity index is 624. The van der Waals surface area contributed by atoms with Gasteiger partial charge in [0.1, 0.15) is 0 Å². The molecule has 0 aromatic heterocycles. The maximum Gasteiger partial charge on any atom is 0.0543 e. The molecule has 0 amide bonds. The van der Waals surface area contributed by atoms with Gasteiger partial charge in [-0.1, -0.05) is 41.0 Å². The van der Waals surface area contributed by atoms with E-state index < -0.39 is 0 Å². The highest BCUT2D eigenvalue weighted by Crippen LogP contribution is 2.68. The maximum absolute atomic E-state index is 10.3. The first-order chi connectivity index (χ1) is 13.6. The number of hydrogen-bond donors (Lipinski definition) is 1. The second kappa shape index (κ2) is 6.98. The van der Waals surface area contributed by atoms with Gasteiger partial charge in [0.25, 0.3) is 0 Å². The van der Waals surface area contributed by atoms with Gasteiger partial charge in [0.15, 0.2) is 0 Å². The van der Waals surface area contributed by atoms with Crippen LogP contribution in [0.4, 0.5) is 0 Å². The molecular formula is C28H48O. The fraction of sp³-hybridized carbons (Fsp3) is 1.00. The Labute approximate surface area is 180 Å². The van der Waals surface area contributed by atoms with E-state index in [0.717, 1.165) is 54.3 Å². The molecule has 0 spiro atoms. The summed E-state index contributed by atoms with van der Waals surface area (Å²) in [5.41, 5.74) is 1.81. The molecule has 5 aliphatic carbocycles. The second-order valence-corrected chi connectivity index (χ2v) is 13.8. The molecule has 0 bridgehead atoms. The van der Waals surface area contributed by atoms with E-state index in [4.69, 9.17) is 0 Å². The van der Waals surface area contributed by atoms with Crippen molar-refractivity contribution in [2.45, 2.75) is 118 Å². The lowest BCUT2D eigenvalue weighted by Gasteiger charge is -2.61. The normalized spacial score (nSPS) is 54.2. The molecule has 0 aliphatic heterocycles. The Morgan fingerprint density at radius 3 is 2.28 bits per heavy atom. The summed E-state index contributed by atoms with van der Waals surface area (Å²) in [6.45, 7) is 12.9. The molecule has 0 saturated heterocycles. The third-order valence-corrected chi connectivity index (χ3v) is 12.1. The minimum atomic E-state index is -0.00774. The zero-order valence-electron chi connectivity index (χ0n) is 20.1. The number of rotatable bonds is 4. The van der Waals surface area contributed by atoms with Crippen molar-refractivity contribution in [3.05, 3.63) is 0 Å². The van der Waals surface area contributed by atoms with Crippen molar-refractivity contribution in [2.75, 3.05) is 0 Å². The van der Waals surface area contributed by atoms with Crippen molar-refractivity contribution in [2.24, 2.45) is 57.7 Å². The molecule has 166 valence electrons. The third-order valence-electron chi connectivity index (χ3n) is 12.1. The number of aliphatic hydroxyl groups is 1. The van der Waals surface area contributed by atoms with Gasteiger partial charge < -0.3 is 5.11 Å². The summed E-state index contributed by atoms with van der Waals surface area (Å²) < 4.78 is 0. The molecule has 1 heteroatoms. The first-order valence-electron chi connectivity index (χ1n) is 13.3. The lowest BCUT2D eigenvalue weighted by molar-refractivity contribution is -0.129. The minimum Gasteiger partial charge on any atom is -0.393 e. The predicted octanol–water partition coefficient (Wildman–Crippen LogP) is 7.47. The van der Waals surface area contributed by atoms with Gasteiger partial charge in [0, 0.05) is 0 Å². The van der Waals surface area contributed by atoms with E-state index in [1.807, 2.05) is 0 Å². The molecule has 5 fully saturated rings. The van der Waals surface area contributed by atoms with Crippen LogP contribution in [-0.4, -0.2) is 11.2 Å². The lowest BCUT2D eigenvalue weighted by Crippen LogP contribution is -2.54. The van der Waals surface area contributed by atoms with Gasteiger partial charge in [-0.2, -0.15) is 0 Å².